The highest BCUT2D eigenvalue weighted by atomic mass is 16.4. The van der Waals surface area contributed by atoms with Crippen LogP contribution in [0.2, 0.25) is 0 Å². The highest BCUT2D eigenvalue weighted by molar-refractivity contribution is 5.66. The van der Waals surface area contributed by atoms with Crippen LogP contribution >= 0.6 is 0 Å². The summed E-state index contributed by atoms with van der Waals surface area (Å²) in [7, 11) is 0. The van der Waals surface area contributed by atoms with Crippen molar-refractivity contribution in [3.8, 4) is 0 Å². The summed E-state index contributed by atoms with van der Waals surface area (Å²) in [5, 5.41) is 18.1. The highest BCUT2D eigenvalue weighted by Gasteiger charge is 1.98. The Kier molecular flexibility index (Phi) is 13.0. The second-order valence-corrected chi connectivity index (χ2v) is 5.19. The average molecular weight is 270 g/mol. The van der Waals surface area contributed by atoms with Gasteiger partial charge >= 0.3 is 5.97 Å². The summed E-state index contributed by atoms with van der Waals surface area (Å²) in [6, 6.07) is 0. The van der Waals surface area contributed by atoms with E-state index < -0.39 is 5.97 Å². The highest BCUT2D eigenvalue weighted by Crippen LogP contribution is 2.09. The van der Waals surface area contributed by atoms with Gasteiger partial charge in [-0.15, -0.1) is 0 Å². The zero-order valence-corrected chi connectivity index (χ0v) is 12.3. The summed E-state index contributed by atoms with van der Waals surface area (Å²) in [6.45, 7) is 2.17. The van der Waals surface area contributed by atoms with E-state index in [1.54, 1.807) is 0 Å². The number of aliphatic hydroxyl groups is 1. The van der Waals surface area contributed by atoms with Gasteiger partial charge in [0.1, 0.15) is 0 Å². The molecule has 0 fully saturated rings. The van der Waals surface area contributed by atoms with Crippen molar-refractivity contribution in [1.29, 1.82) is 0 Å². The van der Waals surface area contributed by atoms with Gasteiger partial charge in [-0.2, -0.15) is 0 Å². The van der Waals surface area contributed by atoms with E-state index in [4.69, 9.17) is 5.11 Å². The normalized spacial score (nSPS) is 12.9. The topological polar surface area (TPSA) is 57.5 Å². The summed E-state index contributed by atoms with van der Waals surface area (Å²) in [5.41, 5.74) is 0. The summed E-state index contributed by atoms with van der Waals surface area (Å²) in [4.78, 5) is 10.3. The van der Waals surface area contributed by atoms with Crippen LogP contribution in [0.5, 0.6) is 0 Å². The molecule has 0 rings (SSSR count). The van der Waals surface area contributed by atoms with Crippen molar-refractivity contribution in [2.45, 2.75) is 83.7 Å². The third kappa shape index (κ3) is 15.1. The van der Waals surface area contributed by atoms with Gasteiger partial charge in [0.15, 0.2) is 0 Å². The first-order valence-corrected chi connectivity index (χ1v) is 7.73. The minimum absolute atomic E-state index is 0.276. The van der Waals surface area contributed by atoms with E-state index in [9.17, 15) is 9.90 Å². The van der Waals surface area contributed by atoms with Gasteiger partial charge in [-0.05, 0) is 25.7 Å². The molecular formula is C16H30O3. The molecule has 0 heterocycles. The lowest BCUT2D eigenvalue weighted by Gasteiger charge is -2.04. The molecule has 0 amide bonds. The van der Waals surface area contributed by atoms with Gasteiger partial charge in [0.25, 0.3) is 0 Å². The van der Waals surface area contributed by atoms with Gasteiger partial charge in [0.2, 0.25) is 0 Å². The van der Waals surface area contributed by atoms with Crippen LogP contribution < -0.4 is 0 Å². The smallest absolute Gasteiger partial charge is 0.303 e. The fourth-order valence-electron chi connectivity index (χ4n) is 2.02. The van der Waals surface area contributed by atoms with Gasteiger partial charge in [0, 0.05) is 6.42 Å². The van der Waals surface area contributed by atoms with E-state index in [0.717, 1.165) is 51.4 Å². The predicted molar refractivity (Wildman–Crippen MR) is 79.2 cm³/mol. The Morgan fingerprint density at radius 3 is 2.42 bits per heavy atom. The largest absolute Gasteiger partial charge is 0.481 e. The molecule has 0 aliphatic rings. The first-order chi connectivity index (χ1) is 9.16. The minimum Gasteiger partial charge on any atom is -0.481 e. The van der Waals surface area contributed by atoms with Crippen molar-refractivity contribution >= 4 is 5.97 Å². The summed E-state index contributed by atoms with van der Waals surface area (Å²) in [5.74, 6) is -0.694. The summed E-state index contributed by atoms with van der Waals surface area (Å²) < 4.78 is 0. The Labute approximate surface area is 117 Å². The van der Waals surface area contributed by atoms with E-state index in [2.05, 4.69) is 13.0 Å². The van der Waals surface area contributed by atoms with Crippen LogP contribution in [0.4, 0.5) is 0 Å². The molecule has 0 saturated heterocycles. The zero-order valence-electron chi connectivity index (χ0n) is 12.3. The fraction of sp³-hybridized carbons (Fsp3) is 0.812. The molecule has 0 aromatic heterocycles. The maximum absolute atomic E-state index is 10.3. The molecule has 3 nitrogen and oxygen atoms in total. The molecule has 0 bridgehead atoms. The van der Waals surface area contributed by atoms with Crippen LogP contribution in [0.3, 0.4) is 0 Å². The maximum Gasteiger partial charge on any atom is 0.303 e. The van der Waals surface area contributed by atoms with Crippen LogP contribution in [0, 0.1) is 0 Å². The third-order valence-electron chi connectivity index (χ3n) is 3.22. The molecule has 0 aliphatic heterocycles. The van der Waals surface area contributed by atoms with Crippen LogP contribution in [-0.4, -0.2) is 22.3 Å². The number of allylic oxidation sites excluding steroid dienone is 1. The second-order valence-electron chi connectivity index (χ2n) is 5.19. The molecule has 2 N–H and O–H groups in total. The van der Waals surface area contributed by atoms with Crippen molar-refractivity contribution in [3.05, 3.63) is 12.2 Å². The first-order valence-electron chi connectivity index (χ1n) is 7.73. The zero-order chi connectivity index (χ0) is 14.3. The van der Waals surface area contributed by atoms with Crippen molar-refractivity contribution in [2.75, 3.05) is 0 Å². The summed E-state index contributed by atoms with van der Waals surface area (Å²) >= 11 is 0. The number of rotatable bonds is 13. The molecule has 0 aliphatic carbocycles. The second kappa shape index (κ2) is 13.6. The quantitative estimate of drug-likeness (QED) is 0.387. The number of unbranched alkanes of at least 4 members (excludes halogenated alkanes) is 7. The first kappa shape index (κ1) is 18.2. The van der Waals surface area contributed by atoms with Gasteiger partial charge in [0.05, 0.1) is 6.10 Å². The lowest BCUT2D eigenvalue weighted by Crippen LogP contribution is -2.01. The van der Waals surface area contributed by atoms with Gasteiger partial charge < -0.3 is 10.2 Å². The fourth-order valence-corrected chi connectivity index (χ4v) is 2.02. The molecule has 112 valence electrons. The van der Waals surface area contributed by atoms with E-state index in [1.165, 1.54) is 12.8 Å². The average Bonchev–Trinajstić information content (AvgIpc) is 2.36. The lowest BCUT2D eigenvalue weighted by molar-refractivity contribution is -0.137. The van der Waals surface area contributed by atoms with Gasteiger partial charge in [-0.1, -0.05) is 57.6 Å². The van der Waals surface area contributed by atoms with Crippen LogP contribution in [0.25, 0.3) is 0 Å². The summed E-state index contributed by atoms with van der Waals surface area (Å²) in [6.07, 6.45) is 14.6. The molecule has 0 aromatic carbocycles. The molecule has 19 heavy (non-hydrogen) atoms. The Bertz CT molecular complexity index is 236. The van der Waals surface area contributed by atoms with Crippen molar-refractivity contribution in [2.24, 2.45) is 0 Å². The number of aliphatic carboxylic acids is 1. The number of aliphatic hydroxyl groups excluding tert-OH is 1. The number of carboxylic acid groups (broad SMARTS) is 1. The number of carbonyl (C=O) groups is 1. The Morgan fingerprint density at radius 1 is 1.05 bits per heavy atom. The van der Waals surface area contributed by atoms with E-state index in [-0.39, 0.29) is 6.10 Å². The minimum atomic E-state index is -0.694. The van der Waals surface area contributed by atoms with Gasteiger partial charge in [-0.25, -0.2) is 0 Å². The molecule has 1 atom stereocenters. The monoisotopic (exact) mass is 270 g/mol. The Morgan fingerprint density at radius 2 is 1.74 bits per heavy atom. The van der Waals surface area contributed by atoms with Crippen LogP contribution in [0.15, 0.2) is 12.2 Å². The van der Waals surface area contributed by atoms with Crippen LogP contribution in [-0.2, 0) is 4.79 Å². The third-order valence-corrected chi connectivity index (χ3v) is 3.22. The standard InChI is InChI=1S/C16H30O3/c1-2-3-9-12-15(17)13-10-7-5-4-6-8-11-14-16(18)19/h10,13,15,17H,2-9,11-12,14H2,1H3,(H,18,19)/b13-10+. The molecule has 0 spiro atoms. The van der Waals surface area contributed by atoms with Crippen molar-refractivity contribution in [3.63, 3.8) is 0 Å². The number of hydrogen-bond acceptors (Lipinski definition) is 2. The Hall–Kier alpha value is -0.830. The maximum atomic E-state index is 10.3. The molecule has 3 heteroatoms. The van der Waals surface area contributed by atoms with E-state index in [0.29, 0.717) is 6.42 Å². The lowest BCUT2D eigenvalue weighted by atomic mass is 10.1. The molecule has 0 aromatic rings. The molecule has 1 unspecified atom stereocenters. The van der Waals surface area contributed by atoms with Crippen molar-refractivity contribution in [1.82, 2.24) is 0 Å². The van der Waals surface area contributed by atoms with Crippen LogP contribution in [0.1, 0.15) is 77.6 Å². The molecular weight excluding hydrogens is 240 g/mol. The van der Waals surface area contributed by atoms with Gasteiger partial charge in [-0.3, -0.25) is 4.79 Å². The van der Waals surface area contributed by atoms with E-state index >= 15 is 0 Å². The number of carboxylic acids is 1. The molecule has 0 saturated carbocycles. The predicted octanol–water partition coefficient (Wildman–Crippen LogP) is 4.30. The SMILES string of the molecule is CCCCCC(O)/C=C/CCCCCCCC(=O)O. The molecule has 0 radical (unpaired) electrons. The number of hydrogen-bond donors (Lipinski definition) is 2. The van der Waals surface area contributed by atoms with Crippen molar-refractivity contribution < 1.29 is 15.0 Å². The Balaban J connectivity index is 3.26. The van der Waals surface area contributed by atoms with E-state index in [1.807, 2.05) is 6.08 Å².